The molecule has 0 bridgehead atoms. The number of hydrogen-bond donors (Lipinski definition) is 0. The first kappa shape index (κ1) is 26.3. The van der Waals surface area contributed by atoms with E-state index in [4.69, 9.17) is 4.74 Å². The van der Waals surface area contributed by atoms with Gasteiger partial charge in [-0.25, -0.2) is 8.78 Å². The Labute approximate surface area is 208 Å². The Morgan fingerprint density at radius 3 is 2.23 bits per heavy atom. The van der Waals surface area contributed by atoms with Gasteiger partial charge in [0, 0.05) is 6.07 Å². The van der Waals surface area contributed by atoms with Gasteiger partial charge in [-0.2, -0.15) is 8.78 Å². The van der Waals surface area contributed by atoms with E-state index in [1.165, 1.54) is 44.1 Å². The van der Waals surface area contributed by atoms with Crippen molar-refractivity contribution in [3.8, 4) is 5.75 Å². The third-order valence-corrected chi connectivity index (χ3v) is 8.60. The Balaban J connectivity index is 1.21. The van der Waals surface area contributed by atoms with Gasteiger partial charge in [0.25, 0.3) is 0 Å². The molecule has 0 radical (unpaired) electrons. The number of halogens is 4. The Morgan fingerprint density at radius 1 is 0.886 bits per heavy atom. The number of ether oxygens (including phenoxy) is 1. The molecular weight excluding hydrogens is 452 g/mol. The van der Waals surface area contributed by atoms with Gasteiger partial charge in [0.15, 0.2) is 11.6 Å². The van der Waals surface area contributed by atoms with Crippen molar-refractivity contribution in [2.75, 3.05) is 0 Å². The normalized spacial score (nSPS) is 30.3. The molecule has 4 rings (SSSR count). The quantitative estimate of drug-likeness (QED) is 0.259. The average molecular weight is 493 g/mol. The molecule has 1 aromatic rings. The van der Waals surface area contributed by atoms with Gasteiger partial charge < -0.3 is 4.74 Å². The molecule has 0 amide bonds. The minimum Gasteiger partial charge on any atom is -0.432 e. The van der Waals surface area contributed by atoms with Crippen molar-refractivity contribution >= 4 is 0 Å². The van der Waals surface area contributed by atoms with Gasteiger partial charge >= 0.3 is 6.11 Å². The Hall–Kier alpha value is -1.78. The number of rotatable bonds is 8. The Kier molecular flexibility index (Phi) is 8.99. The van der Waals surface area contributed by atoms with Crippen LogP contribution in [0.5, 0.6) is 5.75 Å². The molecule has 194 valence electrons. The van der Waals surface area contributed by atoms with Crippen LogP contribution in [0.2, 0.25) is 0 Å². The lowest BCUT2D eigenvalue weighted by molar-refractivity contribution is -0.223. The lowest BCUT2D eigenvalue weighted by Gasteiger charge is -2.35. The highest BCUT2D eigenvalue weighted by atomic mass is 19.3. The maximum absolute atomic E-state index is 14.7. The minimum absolute atomic E-state index is 0.334. The van der Waals surface area contributed by atoms with Crippen LogP contribution < -0.4 is 4.74 Å². The van der Waals surface area contributed by atoms with Crippen LogP contribution in [0, 0.1) is 41.2 Å². The number of hydrogen-bond acceptors (Lipinski definition) is 1. The Bertz CT molecular complexity index is 876. The summed E-state index contributed by atoms with van der Waals surface area (Å²) in [6, 6.07) is 2.55. The molecule has 5 heteroatoms. The molecule has 1 unspecified atom stereocenters. The third kappa shape index (κ3) is 7.13. The molecule has 1 nitrogen and oxygen atoms in total. The van der Waals surface area contributed by atoms with Gasteiger partial charge in [-0.05, 0) is 106 Å². The maximum atomic E-state index is 14.7. The number of allylic oxidation sites excluding steroid dienone is 4. The summed E-state index contributed by atoms with van der Waals surface area (Å²) in [5.41, 5.74) is 1.44. The first-order valence-corrected chi connectivity index (χ1v) is 13.7. The lowest BCUT2D eigenvalue weighted by atomic mass is 9.74. The van der Waals surface area contributed by atoms with Gasteiger partial charge in [0.2, 0.25) is 0 Å². The van der Waals surface area contributed by atoms with E-state index in [1.54, 1.807) is 0 Å². The fourth-order valence-corrected chi connectivity index (χ4v) is 6.39. The summed E-state index contributed by atoms with van der Waals surface area (Å²) in [6.07, 6.45) is 17.5. The van der Waals surface area contributed by atoms with E-state index in [0.29, 0.717) is 30.7 Å². The zero-order valence-electron chi connectivity index (χ0n) is 21.0. The summed E-state index contributed by atoms with van der Waals surface area (Å²) in [6.45, 7) is 2.28. The molecule has 3 aliphatic rings. The molecule has 1 atom stereocenters. The van der Waals surface area contributed by atoms with Crippen molar-refractivity contribution in [1.82, 2.24) is 0 Å². The van der Waals surface area contributed by atoms with Gasteiger partial charge in [0.05, 0.1) is 5.92 Å². The summed E-state index contributed by atoms with van der Waals surface area (Å²) >= 11 is 0. The lowest BCUT2D eigenvalue weighted by Crippen LogP contribution is -2.37. The fraction of sp³-hybridized carbons (Fsp3) is 0.667. The van der Waals surface area contributed by atoms with Crippen LogP contribution in [-0.2, 0) is 0 Å². The summed E-state index contributed by atoms with van der Waals surface area (Å²) < 4.78 is 60.6. The molecule has 0 aliphatic heterocycles. The first-order valence-electron chi connectivity index (χ1n) is 13.7. The molecule has 0 aromatic heterocycles. The smallest absolute Gasteiger partial charge is 0.400 e. The van der Waals surface area contributed by atoms with Crippen molar-refractivity contribution in [3.63, 3.8) is 0 Å². The highest BCUT2D eigenvalue weighted by Gasteiger charge is 2.44. The number of alkyl halides is 2. The van der Waals surface area contributed by atoms with Crippen molar-refractivity contribution in [2.24, 2.45) is 29.6 Å². The van der Waals surface area contributed by atoms with E-state index in [9.17, 15) is 17.6 Å². The van der Waals surface area contributed by atoms with E-state index in [1.807, 2.05) is 0 Å². The summed E-state index contributed by atoms with van der Waals surface area (Å²) in [4.78, 5) is 0. The van der Waals surface area contributed by atoms with Crippen molar-refractivity contribution in [1.29, 1.82) is 0 Å². The van der Waals surface area contributed by atoms with E-state index in [2.05, 4.69) is 25.2 Å². The highest BCUT2D eigenvalue weighted by molar-refractivity contribution is 5.24. The van der Waals surface area contributed by atoms with Gasteiger partial charge in [-0.1, -0.05) is 43.6 Å². The molecule has 3 aliphatic carbocycles. The minimum atomic E-state index is -3.39. The molecule has 2 fully saturated rings. The number of benzene rings is 1. The average Bonchev–Trinajstić information content (AvgIpc) is 2.86. The van der Waals surface area contributed by atoms with Crippen molar-refractivity contribution < 1.29 is 22.3 Å². The van der Waals surface area contributed by atoms with E-state index < -0.39 is 23.7 Å². The predicted octanol–water partition coefficient (Wildman–Crippen LogP) is 9.63. The van der Waals surface area contributed by atoms with Crippen LogP contribution in [0.4, 0.5) is 17.6 Å². The molecule has 2 saturated carbocycles. The zero-order valence-corrected chi connectivity index (χ0v) is 21.0. The van der Waals surface area contributed by atoms with Crippen LogP contribution in [0.3, 0.4) is 0 Å². The van der Waals surface area contributed by atoms with Crippen molar-refractivity contribution in [2.45, 2.75) is 96.5 Å². The maximum Gasteiger partial charge on any atom is 0.400 e. The SMILES string of the molecule is CCCC1CCC(/C=C/C2CC=C(C3CCC(C(F)(F)Oc4ccc(F)c(F)c4)CC3)CC2)CC1. The summed E-state index contributed by atoms with van der Waals surface area (Å²) in [5, 5.41) is 0. The van der Waals surface area contributed by atoms with Gasteiger partial charge in [-0.15, -0.1) is 0 Å². The third-order valence-electron chi connectivity index (χ3n) is 8.60. The second-order valence-electron chi connectivity index (χ2n) is 11.1. The molecule has 0 heterocycles. The molecule has 0 N–H and O–H groups in total. The summed E-state index contributed by atoms with van der Waals surface area (Å²) in [7, 11) is 0. The largest absolute Gasteiger partial charge is 0.432 e. The van der Waals surface area contributed by atoms with Crippen LogP contribution in [-0.4, -0.2) is 6.11 Å². The predicted molar refractivity (Wildman–Crippen MR) is 132 cm³/mol. The monoisotopic (exact) mass is 492 g/mol. The topological polar surface area (TPSA) is 9.23 Å². The van der Waals surface area contributed by atoms with Gasteiger partial charge in [0.1, 0.15) is 5.75 Å². The van der Waals surface area contributed by atoms with Gasteiger partial charge in [-0.3, -0.25) is 0 Å². The second kappa shape index (κ2) is 12.0. The molecule has 0 saturated heterocycles. The Morgan fingerprint density at radius 2 is 1.60 bits per heavy atom. The van der Waals surface area contributed by atoms with Crippen molar-refractivity contribution in [3.05, 3.63) is 53.6 Å². The summed E-state index contributed by atoms with van der Waals surface area (Å²) in [5.74, 6) is -0.816. The highest BCUT2D eigenvalue weighted by Crippen LogP contribution is 2.44. The second-order valence-corrected chi connectivity index (χ2v) is 11.1. The zero-order chi connectivity index (χ0) is 24.8. The van der Waals surface area contributed by atoms with Crippen LogP contribution in [0.1, 0.15) is 90.4 Å². The first-order chi connectivity index (χ1) is 16.8. The molecular formula is C30H40F4O. The van der Waals surface area contributed by atoms with Crippen LogP contribution in [0.25, 0.3) is 0 Å². The van der Waals surface area contributed by atoms with E-state index in [-0.39, 0.29) is 5.75 Å². The molecule has 1 aromatic carbocycles. The molecule has 35 heavy (non-hydrogen) atoms. The fourth-order valence-electron chi connectivity index (χ4n) is 6.39. The van der Waals surface area contributed by atoms with Crippen LogP contribution >= 0.6 is 0 Å². The van der Waals surface area contributed by atoms with E-state index >= 15 is 0 Å². The van der Waals surface area contributed by atoms with E-state index in [0.717, 1.165) is 56.1 Å². The van der Waals surface area contributed by atoms with Crippen LogP contribution in [0.15, 0.2) is 42.0 Å². The molecule has 0 spiro atoms. The standard InChI is InChI=1S/C30H40F4O/c1-2-3-21-4-6-22(7-5-21)8-9-23-10-12-24(13-11-23)25-14-16-26(17-15-25)30(33,34)35-27-18-19-28(31)29(32)20-27/h8-9,12,18-23,25-26H,2-7,10-11,13-17H2,1H3/b9-8+.